The van der Waals surface area contributed by atoms with Crippen molar-refractivity contribution in [1.29, 1.82) is 0 Å². The molecule has 0 fully saturated rings. The molecule has 0 radical (unpaired) electrons. The van der Waals surface area contributed by atoms with Gasteiger partial charge in [-0.2, -0.15) is 0 Å². The van der Waals surface area contributed by atoms with E-state index in [9.17, 15) is 0 Å². The minimum absolute atomic E-state index is 0.634. The summed E-state index contributed by atoms with van der Waals surface area (Å²) in [5.41, 5.74) is 0. The van der Waals surface area contributed by atoms with Crippen LogP contribution in [0.5, 0.6) is 0 Å². The first-order valence-electron chi connectivity index (χ1n) is 5.42. The van der Waals surface area contributed by atoms with Crippen molar-refractivity contribution in [3.05, 3.63) is 18.6 Å². The summed E-state index contributed by atoms with van der Waals surface area (Å²) in [6.07, 6.45) is 8.57. The van der Waals surface area contributed by atoms with Gasteiger partial charge < -0.3 is 5.32 Å². The van der Waals surface area contributed by atoms with Crippen LogP contribution in [0.4, 0.5) is 5.82 Å². The van der Waals surface area contributed by atoms with Gasteiger partial charge in [0.25, 0.3) is 0 Å². The van der Waals surface area contributed by atoms with E-state index in [1.54, 1.807) is 18.6 Å². The first kappa shape index (κ1) is 12.2. The summed E-state index contributed by atoms with van der Waals surface area (Å²) in [5.74, 6) is 2.20. The van der Waals surface area contributed by atoms with Crippen molar-refractivity contribution in [3.8, 4) is 0 Å². The summed E-state index contributed by atoms with van der Waals surface area (Å²) in [5, 5.41) is 3.28. The Morgan fingerprint density at radius 1 is 1.40 bits per heavy atom. The molecular formula is C11H18ClN3. The summed E-state index contributed by atoms with van der Waals surface area (Å²) in [4.78, 5) is 8.17. The molecule has 1 unspecified atom stereocenters. The fourth-order valence-corrected chi connectivity index (χ4v) is 1.86. The smallest absolute Gasteiger partial charge is 0.144 e. The Bertz CT molecular complexity index is 247. The zero-order chi connectivity index (χ0) is 10.9. The van der Waals surface area contributed by atoms with Crippen LogP contribution in [0.15, 0.2) is 18.6 Å². The second kappa shape index (κ2) is 7.46. The van der Waals surface area contributed by atoms with Crippen LogP contribution in [0.3, 0.4) is 0 Å². The number of alkyl halides is 1. The molecule has 84 valence electrons. The van der Waals surface area contributed by atoms with E-state index in [-0.39, 0.29) is 0 Å². The number of halogens is 1. The fourth-order valence-electron chi connectivity index (χ4n) is 1.55. The predicted molar refractivity (Wildman–Crippen MR) is 64.3 cm³/mol. The topological polar surface area (TPSA) is 37.8 Å². The van der Waals surface area contributed by atoms with Gasteiger partial charge in [0.2, 0.25) is 0 Å². The van der Waals surface area contributed by atoms with Gasteiger partial charge in [0.15, 0.2) is 0 Å². The maximum atomic E-state index is 5.76. The number of hydrogen-bond acceptors (Lipinski definition) is 3. The molecule has 1 rings (SSSR count). The van der Waals surface area contributed by atoms with Crippen molar-refractivity contribution < 1.29 is 0 Å². The average molecular weight is 228 g/mol. The van der Waals surface area contributed by atoms with E-state index in [0.717, 1.165) is 24.7 Å². The van der Waals surface area contributed by atoms with Crippen LogP contribution in [0, 0.1) is 5.92 Å². The second-order valence-electron chi connectivity index (χ2n) is 3.60. The van der Waals surface area contributed by atoms with Crippen molar-refractivity contribution in [2.24, 2.45) is 5.92 Å². The van der Waals surface area contributed by atoms with Crippen molar-refractivity contribution in [2.75, 3.05) is 17.7 Å². The van der Waals surface area contributed by atoms with Gasteiger partial charge in [-0.1, -0.05) is 13.3 Å². The van der Waals surface area contributed by atoms with E-state index in [1.165, 1.54) is 12.8 Å². The van der Waals surface area contributed by atoms with Gasteiger partial charge in [-0.15, -0.1) is 11.6 Å². The second-order valence-corrected chi connectivity index (χ2v) is 3.98. The van der Waals surface area contributed by atoms with Crippen molar-refractivity contribution in [1.82, 2.24) is 9.97 Å². The minimum Gasteiger partial charge on any atom is -0.369 e. The maximum absolute atomic E-state index is 5.76. The van der Waals surface area contributed by atoms with Crippen molar-refractivity contribution >= 4 is 17.4 Å². The lowest BCUT2D eigenvalue weighted by atomic mass is 10.0. The standard InChI is InChI=1S/C11H18ClN3/c1-2-3-10(4-5-12)8-15-11-9-13-6-7-14-11/h6-7,9-10H,2-5,8H2,1H3,(H,14,15). The molecule has 3 nitrogen and oxygen atoms in total. The van der Waals surface area contributed by atoms with Gasteiger partial charge in [0.1, 0.15) is 5.82 Å². The number of aromatic nitrogens is 2. The lowest BCUT2D eigenvalue weighted by Crippen LogP contribution is -2.15. The van der Waals surface area contributed by atoms with Gasteiger partial charge in [0.05, 0.1) is 6.20 Å². The van der Waals surface area contributed by atoms with Gasteiger partial charge >= 0.3 is 0 Å². The molecule has 1 atom stereocenters. The summed E-state index contributed by atoms with van der Waals surface area (Å²) < 4.78 is 0. The Morgan fingerprint density at radius 3 is 2.87 bits per heavy atom. The maximum Gasteiger partial charge on any atom is 0.144 e. The Balaban J connectivity index is 2.33. The molecule has 0 bridgehead atoms. The molecule has 1 aromatic rings. The van der Waals surface area contributed by atoms with E-state index in [4.69, 9.17) is 11.6 Å². The largest absolute Gasteiger partial charge is 0.369 e. The highest BCUT2D eigenvalue weighted by Gasteiger charge is 2.06. The van der Waals surface area contributed by atoms with Gasteiger partial charge in [-0.3, -0.25) is 4.98 Å². The van der Waals surface area contributed by atoms with Crippen molar-refractivity contribution in [3.63, 3.8) is 0 Å². The van der Waals surface area contributed by atoms with Crippen LogP contribution in [-0.2, 0) is 0 Å². The summed E-state index contributed by atoms with van der Waals surface area (Å²) in [7, 11) is 0. The molecule has 1 heterocycles. The molecule has 0 aromatic carbocycles. The molecule has 15 heavy (non-hydrogen) atoms. The molecule has 0 saturated heterocycles. The average Bonchev–Trinajstić information content (AvgIpc) is 2.28. The Morgan fingerprint density at radius 2 is 2.27 bits per heavy atom. The minimum atomic E-state index is 0.634. The Labute approximate surface area is 96.3 Å². The van der Waals surface area contributed by atoms with E-state index in [1.807, 2.05) is 0 Å². The third kappa shape index (κ3) is 4.98. The van der Waals surface area contributed by atoms with Crippen LogP contribution in [-0.4, -0.2) is 22.4 Å². The molecule has 0 aliphatic carbocycles. The molecule has 0 amide bonds. The van der Waals surface area contributed by atoms with Gasteiger partial charge in [-0.05, 0) is 18.8 Å². The molecule has 0 aliphatic rings. The van der Waals surface area contributed by atoms with Crippen LogP contribution < -0.4 is 5.32 Å². The number of rotatable bonds is 7. The van der Waals surface area contributed by atoms with E-state index >= 15 is 0 Å². The summed E-state index contributed by atoms with van der Waals surface area (Å²) in [6, 6.07) is 0. The summed E-state index contributed by atoms with van der Waals surface area (Å²) in [6.45, 7) is 3.13. The van der Waals surface area contributed by atoms with Crippen LogP contribution in [0.25, 0.3) is 0 Å². The highest BCUT2D eigenvalue weighted by Crippen LogP contribution is 2.12. The number of nitrogens with zero attached hydrogens (tertiary/aromatic N) is 2. The molecule has 1 N–H and O–H groups in total. The Hall–Kier alpha value is -0.830. The third-order valence-corrected chi connectivity index (χ3v) is 2.57. The molecule has 0 spiro atoms. The Kier molecular flexibility index (Phi) is 6.09. The summed E-state index contributed by atoms with van der Waals surface area (Å²) >= 11 is 5.76. The zero-order valence-corrected chi connectivity index (χ0v) is 9.87. The number of anilines is 1. The highest BCUT2D eigenvalue weighted by atomic mass is 35.5. The lowest BCUT2D eigenvalue weighted by Gasteiger charge is -2.15. The van der Waals surface area contributed by atoms with E-state index < -0.39 is 0 Å². The monoisotopic (exact) mass is 227 g/mol. The molecule has 4 heteroatoms. The molecule has 1 aromatic heterocycles. The fraction of sp³-hybridized carbons (Fsp3) is 0.636. The molecule has 0 saturated carbocycles. The van der Waals surface area contributed by atoms with Crippen molar-refractivity contribution in [2.45, 2.75) is 26.2 Å². The normalized spacial score (nSPS) is 12.4. The number of hydrogen-bond donors (Lipinski definition) is 1. The van der Waals surface area contributed by atoms with E-state index in [2.05, 4.69) is 22.2 Å². The predicted octanol–water partition coefficient (Wildman–Crippen LogP) is 2.93. The molecule has 0 aliphatic heterocycles. The van der Waals surface area contributed by atoms with Gasteiger partial charge in [-0.25, -0.2) is 4.98 Å². The molecular weight excluding hydrogens is 210 g/mol. The third-order valence-electron chi connectivity index (χ3n) is 2.35. The number of nitrogens with one attached hydrogen (secondary N) is 1. The highest BCUT2D eigenvalue weighted by molar-refractivity contribution is 6.17. The first-order chi connectivity index (χ1) is 7.36. The quantitative estimate of drug-likeness (QED) is 0.728. The zero-order valence-electron chi connectivity index (χ0n) is 9.12. The SMILES string of the molecule is CCCC(CCCl)CNc1cnccn1. The van der Waals surface area contributed by atoms with Gasteiger partial charge in [0, 0.05) is 24.8 Å². The van der Waals surface area contributed by atoms with Crippen LogP contribution in [0.1, 0.15) is 26.2 Å². The van der Waals surface area contributed by atoms with Crippen LogP contribution in [0.2, 0.25) is 0 Å². The van der Waals surface area contributed by atoms with E-state index in [0.29, 0.717) is 5.92 Å². The van der Waals surface area contributed by atoms with Crippen LogP contribution >= 0.6 is 11.6 Å². The lowest BCUT2D eigenvalue weighted by molar-refractivity contribution is 0.489. The first-order valence-corrected chi connectivity index (χ1v) is 5.96.